The smallest absolute Gasteiger partial charge is 0.308 e. The topological polar surface area (TPSA) is 69.2 Å². The Morgan fingerprint density at radius 1 is 1.31 bits per heavy atom. The van der Waals surface area contributed by atoms with Gasteiger partial charge < -0.3 is 5.73 Å². The van der Waals surface area contributed by atoms with Gasteiger partial charge in [-0.1, -0.05) is 34.8 Å². The zero-order valence-electron chi connectivity index (χ0n) is 6.05. The fraction of sp³-hybridized carbons (Fsp3) is 0. The van der Waals surface area contributed by atoms with Crippen molar-refractivity contribution in [1.82, 2.24) is 0 Å². The van der Waals surface area contributed by atoms with Crippen LogP contribution in [-0.2, 0) is 0 Å². The summed E-state index contributed by atoms with van der Waals surface area (Å²) in [4.78, 5) is 9.73. The molecule has 0 aliphatic carbocycles. The van der Waals surface area contributed by atoms with Gasteiger partial charge in [0.05, 0.1) is 15.6 Å². The van der Waals surface area contributed by atoms with Crippen LogP contribution >= 0.6 is 34.8 Å². The van der Waals surface area contributed by atoms with Crippen molar-refractivity contribution in [3.05, 3.63) is 31.2 Å². The molecule has 70 valence electrons. The van der Waals surface area contributed by atoms with E-state index in [0.717, 1.165) is 0 Å². The second kappa shape index (κ2) is 3.57. The number of benzene rings is 1. The summed E-state index contributed by atoms with van der Waals surface area (Å²) in [5.74, 6) is 0. The molecule has 0 heterocycles. The molecule has 0 unspecified atom stereocenters. The molecular weight excluding hydrogens is 238 g/mol. The summed E-state index contributed by atoms with van der Waals surface area (Å²) in [6.07, 6.45) is 0. The molecule has 13 heavy (non-hydrogen) atoms. The van der Waals surface area contributed by atoms with Gasteiger partial charge in [0.25, 0.3) is 0 Å². The zero-order valence-corrected chi connectivity index (χ0v) is 8.32. The van der Waals surface area contributed by atoms with E-state index >= 15 is 0 Å². The number of nitrogen functional groups attached to an aromatic ring is 1. The van der Waals surface area contributed by atoms with Crippen molar-refractivity contribution in [1.29, 1.82) is 0 Å². The van der Waals surface area contributed by atoms with E-state index in [0.29, 0.717) is 0 Å². The second-order valence-corrected chi connectivity index (χ2v) is 3.34. The number of rotatable bonds is 1. The van der Waals surface area contributed by atoms with Gasteiger partial charge in [-0.3, -0.25) is 10.1 Å². The number of halogens is 3. The number of nitro benzene ring substituents is 1. The van der Waals surface area contributed by atoms with Crippen LogP contribution in [0.15, 0.2) is 6.07 Å². The minimum absolute atomic E-state index is 0.0576. The summed E-state index contributed by atoms with van der Waals surface area (Å²) in [7, 11) is 0. The predicted octanol–water partition coefficient (Wildman–Crippen LogP) is 3.14. The Morgan fingerprint density at radius 2 is 1.85 bits per heavy atom. The molecule has 0 atom stereocenters. The van der Waals surface area contributed by atoms with E-state index in [1.807, 2.05) is 0 Å². The van der Waals surface area contributed by atoms with Gasteiger partial charge in [-0.05, 0) is 6.07 Å². The Balaban J connectivity index is 3.53. The molecule has 7 heteroatoms. The SMILES string of the molecule is Nc1cc(Cl)c([N+](=O)[O-])c(Cl)c1Cl. The van der Waals surface area contributed by atoms with E-state index < -0.39 is 10.6 Å². The average molecular weight is 241 g/mol. The first-order chi connectivity index (χ1) is 5.95. The lowest BCUT2D eigenvalue weighted by Gasteiger charge is -2.02. The number of anilines is 1. The lowest BCUT2D eigenvalue weighted by atomic mass is 10.3. The minimum atomic E-state index is -0.712. The highest BCUT2D eigenvalue weighted by Gasteiger charge is 2.22. The van der Waals surface area contributed by atoms with Crippen LogP contribution in [0.3, 0.4) is 0 Å². The average Bonchev–Trinajstić information content (AvgIpc) is 1.99. The molecule has 0 aliphatic heterocycles. The number of nitrogens with two attached hydrogens (primary N) is 1. The number of hydrogen-bond acceptors (Lipinski definition) is 3. The van der Waals surface area contributed by atoms with E-state index in [1.54, 1.807) is 0 Å². The summed E-state index contributed by atoms with van der Waals surface area (Å²) in [6.45, 7) is 0. The van der Waals surface area contributed by atoms with Crippen molar-refractivity contribution < 1.29 is 4.92 Å². The lowest BCUT2D eigenvalue weighted by molar-refractivity contribution is -0.384. The number of nitrogens with zero attached hydrogens (tertiary/aromatic N) is 1. The van der Waals surface area contributed by atoms with Gasteiger partial charge in [-0.2, -0.15) is 0 Å². The summed E-state index contributed by atoms with van der Waals surface area (Å²) >= 11 is 16.7. The van der Waals surface area contributed by atoms with Crippen molar-refractivity contribution in [2.75, 3.05) is 5.73 Å². The monoisotopic (exact) mass is 240 g/mol. The molecular formula is C6H3Cl3N2O2. The van der Waals surface area contributed by atoms with Gasteiger partial charge in [-0.25, -0.2) is 0 Å². The van der Waals surface area contributed by atoms with E-state index in [2.05, 4.69) is 0 Å². The summed E-state index contributed by atoms with van der Waals surface area (Å²) in [6, 6.07) is 1.19. The molecule has 0 bridgehead atoms. The Hall–Kier alpha value is -0.710. The highest BCUT2D eigenvalue weighted by Crippen LogP contribution is 2.41. The van der Waals surface area contributed by atoms with Gasteiger partial charge in [0.15, 0.2) is 0 Å². The van der Waals surface area contributed by atoms with Crippen molar-refractivity contribution in [2.24, 2.45) is 0 Å². The first-order valence-electron chi connectivity index (χ1n) is 3.02. The largest absolute Gasteiger partial charge is 0.397 e. The van der Waals surface area contributed by atoms with Crippen molar-refractivity contribution >= 4 is 46.2 Å². The van der Waals surface area contributed by atoms with Crippen LogP contribution in [0.1, 0.15) is 0 Å². The van der Waals surface area contributed by atoms with Crippen LogP contribution in [0, 0.1) is 10.1 Å². The van der Waals surface area contributed by atoms with Crippen molar-refractivity contribution in [3.63, 3.8) is 0 Å². The highest BCUT2D eigenvalue weighted by molar-refractivity contribution is 6.47. The molecule has 1 rings (SSSR count). The molecule has 0 aromatic heterocycles. The van der Waals surface area contributed by atoms with E-state index in [9.17, 15) is 10.1 Å². The van der Waals surface area contributed by atoms with Crippen LogP contribution in [-0.4, -0.2) is 4.92 Å². The summed E-state index contributed by atoms with van der Waals surface area (Å²) in [5, 5.41) is 10.0. The third kappa shape index (κ3) is 1.80. The van der Waals surface area contributed by atoms with Gasteiger partial charge in [-0.15, -0.1) is 0 Å². The maximum atomic E-state index is 10.4. The normalized spacial score (nSPS) is 10.1. The van der Waals surface area contributed by atoms with Crippen LogP contribution in [0.25, 0.3) is 0 Å². The molecule has 0 saturated carbocycles. The van der Waals surface area contributed by atoms with Gasteiger partial charge in [0.1, 0.15) is 10.0 Å². The van der Waals surface area contributed by atoms with Crippen LogP contribution < -0.4 is 5.73 Å². The summed E-state index contributed by atoms with van der Waals surface area (Å²) < 4.78 is 0. The molecule has 0 fully saturated rings. The Morgan fingerprint density at radius 3 is 2.31 bits per heavy atom. The van der Waals surface area contributed by atoms with Gasteiger partial charge in [0.2, 0.25) is 0 Å². The van der Waals surface area contributed by atoms with E-state index in [4.69, 9.17) is 40.5 Å². The Kier molecular flexibility index (Phi) is 2.85. The Labute approximate surface area is 88.3 Å². The second-order valence-electron chi connectivity index (χ2n) is 2.18. The molecule has 1 aromatic rings. The maximum Gasteiger partial charge on any atom is 0.308 e. The molecule has 0 saturated heterocycles. The maximum absolute atomic E-state index is 10.4. The lowest BCUT2D eigenvalue weighted by Crippen LogP contribution is -1.94. The molecule has 0 amide bonds. The highest BCUT2D eigenvalue weighted by atomic mass is 35.5. The molecule has 0 radical (unpaired) electrons. The van der Waals surface area contributed by atoms with Crippen molar-refractivity contribution in [3.8, 4) is 0 Å². The molecule has 2 N–H and O–H groups in total. The Bertz CT molecular complexity index is 381. The first kappa shape index (κ1) is 10.4. The molecule has 4 nitrogen and oxygen atoms in total. The molecule has 0 spiro atoms. The fourth-order valence-electron chi connectivity index (χ4n) is 0.771. The first-order valence-corrected chi connectivity index (χ1v) is 4.16. The quantitative estimate of drug-likeness (QED) is 0.355. The standard InChI is InChI=1S/C6H3Cl3N2O2/c7-2-1-3(10)4(8)5(9)6(2)11(12)13/h1H,10H2. The fourth-order valence-corrected chi connectivity index (χ4v) is 1.52. The number of nitro groups is 1. The van der Waals surface area contributed by atoms with Crippen LogP contribution in [0.5, 0.6) is 0 Å². The third-order valence-electron chi connectivity index (χ3n) is 1.35. The van der Waals surface area contributed by atoms with E-state index in [-0.39, 0.29) is 20.8 Å². The van der Waals surface area contributed by atoms with Gasteiger partial charge >= 0.3 is 5.69 Å². The zero-order chi connectivity index (χ0) is 10.2. The van der Waals surface area contributed by atoms with Crippen LogP contribution in [0.4, 0.5) is 11.4 Å². The van der Waals surface area contributed by atoms with Gasteiger partial charge in [0, 0.05) is 0 Å². The third-order valence-corrected chi connectivity index (χ3v) is 2.51. The molecule has 0 aliphatic rings. The number of hydrogen-bond donors (Lipinski definition) is 1. The van der Waals surface area contributed by atoms with Crippen LogP contribution in [0.2, 0.25) is 15.1 Å². The summed E-state index contributed by atoms with van der Waals surface area (Å²) in [5.41, 5.74) is 5.05. The molecule has 1 aromatic carbocycles. The minimum Gasteiger partial charge on any atom is -0.397 e. The van der Waals surface area contributed by atoms with E-state index in [1.165, 1.54) is 6.07 Å². The van der Waals surface area contributed by atoms with Crippen molar-refractivity contribution in [2.45, 2.75) is 0 Å². The predicted molar refractivity (Wildman–Crippen MR) is 52.5 cm³/mol.